The number of hydrogen-bond donors (Lipinski definition) is 1. The number of ether oxygens (including phenoxy) is 3. The van der Waals surface area contributed by atoms with Gasteiger partial charge in [0.1, 0.15) is 13.2 Å². The van der Waals surface area contributed by atoms with Gasteiger partial charge in [0, 0.05) is 0 Å². The lowest BCUT2D eigenvalue weighted by molar-refractivity contribution is 0.125. The van der Waals surface area contributed by atoms with E-state index in [0.29, 0.717) is 13.2 Å². The summed E-state index contributed by atoms with van der Waals surface area (Å²) in [5.41, 5.74) is 1.92. The highest BCUT2D eigenvalue weighted by Gasteiger charge is 2.09. The highest BCUT2D eigenvalue weighted by atomic mass is 16.6. The van der Waals surface area contributed by atoms with E-state index < -0.39 is 12.2 Å². The van der Waals surface area contributed by atoms with Gasteiger partial charge >= 0.3 is 12.2 Å². The Labute approximate surface area is 152 Å². The van der Waals surface area contributed by atoms with E-state index >= 15 is 0 Å². The number of hydrogen-bond acceptors (Lipinski definition) is 5. The Kier molecular flexibility index (Phi) is 8.45. The first-order chi connectivity index (χ1) is 12.7. The highest BCUT2D eigenvalue weighted by molar-refractivity contribution is 5.87. The third-order valence-electron chi connectivity index (χ3n) is 3.22. The Balaban J connectivity index is 1.52. The van der Waals surface area contributed by atoms with Crippen LogP contribution in [0, 0.1) is 0 Å². The number of alkyl carbamates (subject to hydrolysis) is 2. The van der Waals surface area contributed by atoms with Gasteiger partial charge in [0.25, 0.3) is 0 Å². The standard InChI is InChI=1S/C20H21NO5/c22-19(21-20(23)26-16-18-11-5-2-6-12-18)25-14-8-7-13-24-15-17-9-3-1-4-10-17/h1-12H,13-16H2,(H,21,22,23)/b8-7+. The van der Waals surface area contributed by atoms with Crippen molar-refractivity contribution in [1.82, 2.24) is 5.32 Å². The van der Waals surface area contributed by atoms with Crippen molar-refractivity contribution in [2.24, 2.45) is 0 Å². The molecule has 0 radical (unpaired) electrons. The quantitative estimate of drug-likeness (QED) is 0.575. The van der Waals surface area contributed by atoms with Crippen molar-refractivity contribution in [2.75, 3.05) is 13.2 Å². The van der Waals surface area contributed by atoms with Crippen LogP contribution < -0.4 is 5.32 Å². The summed E-state index contributed by atoms with van der Waals surface area (Å²) in [6, 6.07) is 19.0. The van der Waals surface area contributed by atoms with Gasteiger partial charge in [-0.05, 0) is 17.2 Å². The lowest BCUT2D eigenvalue weighted by atomic mass is 10.2. The molecule has 0 unspecified atom stereocenters. The second-order valence-corrected chi connectivity index (χ2v) is 5.26. The van der Waals surface area contributed by atoms with Crippen molar-refractivity contribution in [2.45, 2.75) is 13.2 Å². The summed E-state index contributed by atoms with van der Waals surface area (Å²) >= 11 is 0. The molecule has 0 saturated heterocycles. The molecule has 0 saturated carbocycles. The molecule has 26 heavy (non-hydrogen) atoms. The molecule has 0 bridgehead atoms. The first-order valence-corrected chi connectivity index (χ1v) is 8.15. The fourth-order valence-electron chi connectivity index (χ4n) is 1.96. The van der Waals surface area contributed by atoms with Crippen molar-refractivity contribution >= 4 is 12.2 Å². The van der Waals surface area contributed by atoms with Gasteiger partial charge in [-0.25, -0.2) is 14.9 Å². The van der Waals surface area contributed by atoms with E-state index in [2.05, 4.69) is 0 Å². The summed E-state index contributed by atoms with van der Waals surface area (Å²) in [6.07, 6.45) is 1.66. The molecule has 136 valence electrons. The zero-order valence-corrected chi connectivity index (χ0v) is 14.3. The van der Waals surface area contributed by atoms with Crippen LogP contribution in [0.5, 0.6) is 0 Å². The topological polar surface area (TPSA) is 73.9 Å². The number of imide groups is 1. The highest BCUT2D eigenvalue weighted by Crippen LogP contribution is 2.01. The molecule has 6 nitrogen and oxygen atoms in total. The molecule has 2 aromatic carbocycles. The summed E-state index contributed by atoms with van der Waals surface area (Å²) in [6.45, 7) is 1.03. The molecule has 6 heteroatoms. The molecule has 0 aromatic heterocycles. The molecule has 0 fully saturated rings. The molecular formula is C20H21NO5. The van der Waals surface area contributed by atoms with Crippen molar-refractivity contribution in [3.05, 3.63) is 83.9 Å². The van der Waals surface area contributed by atoms with Crippen LogP contribution in [0.2, 0.25) is 0 Å². The molecule has 2 aromatic rings. The maximum absolute atomic E-state index is 11.5. The smallest absolute Gasteiger partial charge is 0.416 e. The van der Waals surface area contributed by atoms with Gasteiger partial charge in [-0.3, -0.25) is 0 Å². The average molecular weight is 355 g/mol. The van der Waals surface area contributed by atoms with E-state index in [4.69, 9.17) is 14.2 Å². The molecule has 0 aliphatic carbocycles. The van der Waals surface area contributed by atoms with Crippen molar-refractivity contribution in [3.63, 3.8) is 0 Å². The van der Waals surface area contributed by atoms with Gasteiger partial charge in [-0.15, -0.1) is 0 Å². The van der Waals surface area contributed by atoms with E-state index in [1.807, 2.05) is 66.0 Å². The summed E-state index contributed by atoms with van der Waals surface area (Å²) in [7, 11) is 0. The third-order valence-corrected chi connectivity index (χ3v) is 3.22. The van der Waals surface area contributed by atoms with E-state index in [-0.39, 0.29) is 13.2 Å². The van der Waals surface area contributed by atoms with Crippen LogP contribution in [0.1, 0.15) is 11.1 Å². The summed E-state index contributed by atoms with van der Waals surface area (Å²) < 4.78 is 15.2. The molecule has 0 aliphatic rings. The largest absolute Gasteiger partial charge is 0.445 e. The molecule has 0 spiro atoms. The fourth-order valence-corrected chi connectivity index (χ4v) is 1.96. The summed E-state index contributed by atoms with van der Waals surface area (Å²) in [4.78, 5) is 22.9. The SMILES string of the molecule is O=C(NC(=O)OCc1ccccc1)OC/C=C/COCc1ccccc1. The Morgan fingerprint density at radius 3 is 1.92 bits per heavy atom. The Morgan fingerprint density at radius 2 is 1.27 bits per heavy atom. The van der Waals surface area contributed by atoms with Gasteiger partial charge in [-0.1, -0.05) is 66.7 Å². The number of carbonyl (C=O) groups excluding carboxylic acids is 2. The Hall–Kier alpha value is -3.12. The molecule has 0 heterocycles. The predicted octanol–water partition coefficient (Wildman–Crippen LogP) is 3.82. The summed E-state index contributed by atoms with van der Waals surface area (Å²) in [5, 5.41) is 1.99. The Morgan fingerprint density at radius 1 is 0.731 bits per heavy atom. The van der Waals surface area contributed by atoms with Gasteiger partial charge < -0.3 is 14.2 Å². The average Bonchev–Trinajstić information content (AvgIpc) is 2.67. The van der Waals surface area contributed by atoms with E-state index in [9.17, 15) is 9.59 Å². The van der Waals surface area contributed by atoms with Crippen LogP contribution in [0.15, 0.2) is 72.8 Å². The molecule has 0 aliphatic heterocycles. The molecule has 0 atom stereocenters. The zero-order valence-electron chi connectivity index (χ0n) is 14.3. The number of benzene rings is 2. The van der Waals surface area contributed by atoms with E-state index in [1.165, 1.54) is 0 Å². The monoisotopic (exact) mass is 355 g/mol. The van der Waals surface area contributed by atoms with Gasteiger partial charge in [0.05, 0.1) is 13.2 Å². The third kappa shape index (κ3) is 8.12. The second kappa shape index (κ2) is 11.4. The van der Waals surface area contributed by atoms with Crippen molar-refractivity contribution in [1.29, 1.82) is 0 Å². The lowest BCUT2D eigenvalue weighted by Crippen LogP contribution is -2.31. The minimum Gasteiger partial charge on any atom is -0.445 e. The van der Waals surface area contributed by atoms with Crippen LogP contribution in [-0.4, -0.2) is 25.4 Å². The number of carbonyl (C=O) groups is 2. The number of rotatable bonds is 8. The number of amides is 2. The molecule has 2 rings (SSSR count). The van der Waals surface area contributed by atoms with Crippen molar-refractivity contribution in [3.8, 4) is 0 Å². The predicted molar refractivity (Wildman–Crippen MR) is 96.3 cm³/mol. The van der Waals surface area contributed by atoms with Crippen LogP contribution >= 0.6 is 0 Å². The maximum Gasteiger partial charge on any atom is 0.416 e. The van der Waals surface area contributed by atoms with E-state index in [1.54, 1.807) is 12.2 Å². The first-order valence-electron chi connectivity index (χ1n) is 8.15. The molecule has 2 amide bonds. The minimum atomic E-state index is -0.863. The van der Waals surface area contributed by atoms with Gasteiger partial charge in [0.2, 0.25) is 0 Å². The lowest BCUT2D eigenvalue weighted by Gasteiger charge is -2.06. The van der Waals surface area contributed by atoms with Gasteiger partial charge in [-0.2, -0.15) is 0 Å². The van der Waals surface area contributed by atoms with E-state index in [0.717, 1.165) is 11.1 Å². The van der Waals surface area contributed by atoms with Crippen LogP contribution in [-0.2, 0) is 27.4 Å². The summed E-state index contributed by atoms with van der Waals surface area (Å²) in [5.74, 6) is 0. The minimum absolute atomic E-state index is 0.0342. The van der Waals surface area contributed by atoms with Crippen LogP contribution in [0.25, 0.3) is 0 Å². The number of nitrogens with one attached hydrogen (secondary N) is 1. The first kappa shape index (κ1) is 19.2. The maximum atomic E-state index is 11.5. The second-order valence-electron chi connectivity index (χ2n) is 5.26. The van der Waals surface area contributed by atoms with Crippen LogP contribution in [0.3, 0.4) is 0 Å². The zero-order chi connectivity index (χ0) is 18.5. The van der Waals surface area contributed by atoms with Crippen LogP contribution in [0.4, 0.5) is 9.59 Å². The van der Waals surface area contributed by atoms with Gasteiger partial charge in [0.15, 0.2) is 0 Å². The Bertz CT molecular complexity index is 701. The molecular weight excluding hydrogens is 334 g/mol. The fraction of sp³-hybridized carbons (Fsp3) is 0.200. The molecule has 1 N–H and O–H groups in total. The normalized spacial score (nSPS) is 10.5. The van der Waals surface area contributed by atoms with Crippen molar-refractivity contribution < 1.29 is 23.8 Å².